The van der Waals surface area contributed by atoms with Gasteiger partial charge in [-0.1, -0.05) is 19.9 Å². The van der Waals surface area contributed by atoms with Crippen LogP contribution in [0.5, 0.6) is 17.2 Å². The van der Waals surface area contributed by atoms with E-state index in [-0.39, 0.29) is 23.9 Å². The van der Waals surface area contributed by atoms with Crippen molar-refractivity contribution in [1.82, 2.24) is 5.32 Å². The van der Waals surface area contributed by atoms with Crippen LogP contribution in [0, 0.1) is 0 Å². The van der Waals surface area contributed by atoms with Crippen molar-refractivity contribution >= 4 is 18.3 Å². The molecule has 1 aromatic rings. The summed E-state index contributed by atoms with van der Waals surface area (Å²) < 4.78 is 16.1. The van der Waals surface area contributed by atoms with Crippen molar-refractivity contribution in [1.29, 1.82) is 0 Å². The highest BCUT2D eigenvalue weighted by Gasteiger charge is 2.26. The number of hydrogen-bond donors (Lipinski definition) is 2. The molecule has 3 N–H and O–H groups in total. The van der Waals surface area contributed by atoms with Gasteiger partial charge in [0.25, 0.3) is 0 Å². The molecule has 0 bridgehead atoms. The molecule has 0 aliphatic carbocycles. The molecule has 6 nitrogen and oxygen atoms in total. The number of carbonyl (C=O) groups excluding carboxylic acids is 1. The van der Waals surface area contributed by atoms with Gasteiger partial charge in [-0.25, -0.2) is 0 Å². The van der Waals surface area contributed by atoms with E-state index in [1.165, 1.54) is 0 Å². The zero-order valence-electron chi connectivity index (χ0n) is 15.8. The molecule has 0 unspecified atom stereocenters. The summed E-state index contributed by atoms with van der Waals surface area (Å²) in [5.74, 6) is 1.72. The number of nitrogens with two attached hydrogens (primary N) is 1. The predicted octanol–water partition coefficient (Wildman–Crippen LogP) is 2.70. The summed E-state index contributed by atoms with van der Waals surface area (Å²) in [6.45, 7) is 4.51. The largest absolute Gasteiger partial charge is 0.493 e. The third-order valence-corrected chi connectivity index (χ3v) is 4.56. The minimum absolute atomic E-state index is 0. The molecule has 1 rings (SSSR count). The second-order valence-electron chi connectivity index (χ2n) is 5.73. The number of ether oxygens (including phenoxy) is 3. The molecule has 0 aromatic heterocycles. The Morgan fingerprint density at radius 1 is 1.08 bits per heavy atom. The highest BCUT2D eigenvalue weighted by molar-refractivity contribution is 5.85. The molecule has 1 aromatic carbocycles. The number of methoxy groups -OCH3 is 3. The van der Waals surface area contributed by atoms with Crippen LogP contribution in [0.4, 0.5) is 0 Å². The standard InChI is InChI=1S/C18H30N2O4.ClH/c1-6-18(7-2,12-19)20-15(21)11-9-13-8-10-14(22-3)17(24-5)16(13)23-4;/h8,10H,6-7,9,11-12,19H2,1-5H3,(H,20,21);1H. The number of amides is 1. The Balaban J connectivity index is 0.00000576. The van der Waals surface area contributed by atoms with E-state index in [0.29, 0.717) is 36.6 Å². The minimum Gasteiger partial charge on any atom is -0.493 e. The van der Waals surface area contributed by atoms with Gasteiger partial charge in [0.15, 0.2) is 11.5 Å². The lowest BCUT2D eigenvalue weighted by Crippen LogP contribution is -2.52. The van der Waals surface area contributed by atoms with Gasteiger partial charge in [-0.2, -0.15) is 0 Å². The topological polar surface area (TPSA) is 82.8 Å². The average molecular weight is 375 g/mol. The quantitative estimate of drug-likeness (QED) is 0.658. The summed E-state index contributed by atoms with van der Waals surface area (Å²) in [5, 5.41) is 3.08. The van der Waals surface area contributed by atoms with E-state index in [1.54, 1.807) is 21.3 Å². The van der Waals surface area contributed by atoms with Gasteiger partial charge in [-0.3, -0.25) is 4.79 Å². The number of carbonyl (C=O) groups is 1. The maximum absolute atomic E-state index is 12.3. The number of halogens is 1. The normalized spacial score (nSPS) is 10.6. The lowest BCUT2D eigenvalue weighted by molar-refractivity contribution is -0.123. The van der Waals surface area contributed by atoms with E-state index < -0.39 is 0 Å². The van der Waals surface area contributed by atoms with Crippen molar-refractivity contribution in [3.05, 3.63) is 17.7 Å². The second kappa shape index (κ2) is 11.1. The fourth-order valence-corrected chi connectivity index (χ4v) is 2.73. The van der Waals surface area contributed by atoms with Gasteiger partial charge in [0.2, 0.25) is 11.7 Å². The molecule has 7 heteroatoms. The van der Waals surface area contributed by atoms with Crippen molar-refractivity contribution < 1.29 is 19.0 Å². The minimum atomic E-state index is -0.321. The Hall–Kier alpha value is -1.66. The molecular weight excluding hydrogens is 344 g/mol. The SMILES string of the molecule is CCC(CC)(CN)NC(=O)CCc1ccc(OC)c(OC)c1OC.Cl. The maximum atomic E-state index is 12.3. The van der Waals surface area contributed by atoms with Crippen LogP contribution < -0.4 is 25.3 Å². The zero-order chi connectivity index (χ0) is 18.2. The average Bonchev–Trinajstić information content (AvgIpc) is 2.63. The Kier molecular flexibility index (Phi) is 10.3. The number of nitrogens with one attached hydrogen (secondary N) is 1. The van der Waals surface area contributed by atoms with Crippen LogP contribution in [-0.4, -0.2) is 39.3 Å². The monoisotopic (exact) mass is 374 g/mol. The molecule has 0 aliphatic heterocycles. The van der Waals surface area contributed by atoms with Crippen molar-refractivity contribution in [3.63, 3.8) is 0 Å². The van der Waals surface area contributed by atoms with Crippen molar-refractivity contribution in [2.45, 2.75) is 45.1 Å². The molecule has 25 heavy (non-hydrogen) atoms. The third-order valence-electron chi connectivity index (χ3n) is 4.56. The van der Waals surface area contributed by atoms with Crippen LogP contribution in [0.3, 0.4) is 0 Å². The van der Waals surface area contributed by atoms with Crippen LogP contribution >= 0.6 is 12.4 Å². The van der Waals surface area contributed by atoms with Gasteiger partial charge >= 0.3 is 0 Å². The van der Waals surface area contributed by atoms with Crippen LogP contribution in [0.25, 0.3) is 0 Å². The molecule has 0 saturated carbocycles. The Bertz CT molecular complexity index is 540. The molecule has 0 atom stereocenters. The van der Waals surface area contributed by atoms with Crippen LogP contribution in [-0.2, 0) is 11.2 Å². The smallest absolute Gasteiger partial charge is 0.220 e. The number of benzene rings is 1. The Morgan fingerprint density at radius 2 is 1.68 bits per heavy atom. The van der Waals surface area contributed by atoms with E-state index in [1.807, 2.05) is 26.0 Å². The summed E-state index contributed by atoms with van der Waals surface area (Å²) in [6.07, 6.45) is 2.52. The first-order valence-electron chi connectivity index (χ1n) is 8.29. The fraction of sp³-hybridized carbons (Fsp3) is 0.611. The van der Waals surface area contributed by atoms with Crippen LogP contribution in [0.15, 0.2) is 12.1 Å². The second-order valence-corrected chi connectivity index (χ2v) is 5.73. The summed E-state index contributed by atoms with van der Waals surface area (Å²) in [4.78, 5) is 12.3. The summed E-state index contributed by atoms with van der Waals surface area (Å²) >= 11 is 0. The number of hydrogen-bond acceptors (Lipinski definition) is 5. The van der Waals surface area contributed by atoms with E-state index >= 15 is 0 Å². The van der Waals surface area contributed by atoms with Gasteiger partial charge in [0, 0.05) is 13.0 Å². The first-order chi connectivity index (χ1) is 11.5. The summed E-state index contributed by atoms with van der Waals surface area (Å²) in [5.41, 5.74) is 6.41. The molecule has 0 spiro atoms. The highest BCUT2D eigenvalue weighted by Crippen LogP contribution is 2.40. The fourth-order valence-electron chi connectivity index (χ4n) is 2.73. The Morgan fingerprint density at radius 3 is 2.12 bits per heavy atom. The van der Waals surface area contributed by atoms with Gasteiger partial charge in [0.05, 0.1) is 26.9 Å². The van der Waals surface area contributed by atoms with E-state index in [9.17, 15) is 4.79 Å². The molecular formula is C18H31ClN2O4. The summed E-state index contributed by atoms with van der Waals surface area (Å²) in [6, 6.07) is 3.71. The first kappa shape index (κ1) is 23.3. The number of rotatable bonds is 10. The van der Waals surface area contributed by atoms with Crippen molar-refractivity contribution in [2.75, 3.05) is 27.9 Å². The molecule has 0 heterocycles. The third kappa shape index (κ3) is 5.68. The lowest BCUT2D eigenvalue weighted by atomic mass is 9.92. The van der Waals surface area contributed by atoms with Crippen molar-refractivity contribution in [3.8, 4) is 17.2 Å². The molecule has 1 amide bonds. The molecule has 144 valence electrons. The summed E-state index contributed by atoms with van der Waals surface area (Å²) in [7, 11) is 4.72. The zero-order valence-corrected chi connectivity index (χ0v) is 16.6. The van der Waals surface area contributed by atoms with Gasteiger partial charge in [-0.15, -0.1) is 12.4 Å². The number of aryl methyl sites for hydroxylation is 1. The highest BCUT2D eigenvalue weighted by atomic mass is 35.5. The van der Waals surface area contributed by atoms with Crippen molar-refractivity contribution in [2.24, 2.45) is 5.73 Å². The van der Waals surface area contributed by atoms with Gasteiger partial charge < -0.3 is 25.3 Å². The molecule has 0 saturated heterocycles. The Labute approximate surface area is 156 Å². The molecule has 0 fully saturated rings. The molecule has 0 aliphatic rings. The van der Waals surface area contributed by atoms with E-state index in [2.05, 4.69) is 5.32 Å². The molecule has 0 radical (unpaired) electrons. The van der Waals surface area contributed by atoms with E-state index in [4.69, 9.17) is 19.9 Å². The van der Waals surface area contributed by atoms with Crippen LogP contribution in [0.1, 0.15) is 38.7 Å². The van der Waals surface area contributed by atoms with Crippen LogP contribution in [0.2, 0.25) is 0 Å². The lowest BCUT2D eigenvalue weighted by Gasteiger charge is -2.31. The predicted molar refractivity (Wildman–Crippen MR) is 102 cm³/mol. The van der Waals surface area contributed by atoms with Gasteiger partial charge in [-0.05, 0) is 30.9 Å². The maximum Gasteiger partial charge on any atom is 0.220 e. The van der Waals surface area contributed by atoms with E-state index in [0.717, 1.165) is 18.4 Å². The first-order valence-corrected chi connectivity index (χ1v) is 8.29. The van der Waals surface area contributed by atoms with Gasteiger partial charge in [0.1, 0.15) is 0 Å².